The predicted octanol–water partition coefficient (Wildman–Crippen LogP) is 1.98. The van der Waals surface area contributed by atoms with Gasteiger partial charge in [-0.05, 0) is 15.9 Å². The third-order valence-corrected chi connectivity index (χ3v) is 1.06. The largest absolute Gasteiger partial charge is 0.457 e. The highest BCUT2D eigenvalue weighted by atomic mass is 79.9. The van der Waals surface area contributed by atoms with Gasteiger partial charge in [-0.25, -0.2) is 4.39 Å². The summed E-state index contributed by atoms with van der Waals surface area (Å²) in [7, 11) is 0. The molecule has 0 aliphatic heterocycles. The average molecular weight is 164 g/mol. The molecule has 1 nitrogen and oxygen atoms in total. The highest BCUT2D eigenvalue weighted by molar-refractivity contribution is 9.10. The molecule has 0 bridgehead atoms. The molecule has 7 heavy (non-hydrogen) atoms. The van der Waals surface area contributed by atoms with Crippen molar-refractivity contribution >= 4 is 15.9 Å². The number of rotatable bonds is 0. The summed E-state index contributed by atoms with van der Waals surface area (Å²) in [5.74, 6) is -0.417. The number of hydrogen-bond acceptors (Lipinski definition) is 1. The molecule has 1 radical (unpaired) electrons. The molecule has 0 spiro atoms. The molecular formula is C4HBrFO. The van der Waals surface area contributed by atoms with E-state index in [2.05, 4.69) is 26.6 Å². The van der Waals surface area contributed by atoms with Crippen LogP contribution in [-0.4, -0.2) is 0 Å². The maximum absolute atomic E-state index is 11.9. The van der Waals surface area contributed by atoms with Crippen molar-refractivity contribution in [2.75, 3.05) is 0 Å². The van der Waals surface area contributed by atoms with Gasteiger partial charge >= 0.3 is 0 Å². The molecule has 37 valence electrons. The molecule has 1 aromatic rings. The van der Waals surface area contributed by atoms with Crippen LogP contribution in [0.3, 0.4) is 0 Å². The van der Waals surface area contributed by atoms with Gasteiger partial charge in [0.1, 0.15) is 10.7 Å². The Kier molecular flexibility index (Phi) is 1.15. The van der Waals surface area contributed by atoms with Crippen LogP contribution >= 0.6 is 15.9 Å². The zero-order valence-electron chi connectivity index (χ0n) is 3.24. The molecule has 0 N–H and O–H groups in total. The monoisotopic (exact) mass is 163 g/mol. The first-order valence-corrected chi connectivity index (χ1v) is 2.40. The Morgan fingerprint density at radius 2 is 2.57 bits per heavy atom. The van der Waals surface area contributed by atoms with Crippen LogP contribution in [0.4, 0.5) is 4.39 Å². The maximum Gasteiger partial charge on any atom is 0.187 e. The number of halogens is 2. The Morgan fingerprint density at radius 3 is 2.71 bits per heavy atom. The second-order valence-corrected chi connectivity index (χ2v) is 1.79. The van der Waals surface area contributed by atoms with E-state index in [4.69, 9.17) is 0 Å². The fraction of sp³-hybridized carbons (Fsp3) is 0. The van der Waals surface area contributed by atoms with Crippen LogP contribution in [0.25, 0.3) is 0 Å². The summed E-state index contributed by atoms with van der Waals surface area (Å²) in [6.45, 7) is 0. The number of hydrogen-bond donors (Lipinski definition) is 0. The second kappa shape index (κ2) is 1.66. The summed E-state index contributed by atoms with van der Waals surface area (Å²) in [5, 5.41) is 0. The predicted molar refractivity (Wildman–Crippen MR) is 25.2 cm³/mol. The Bertz CT molecular complexity index is 144. The fourth-order valence-electron chi connectivity index (χ4n) is 0.233. The molecule has 0 fully saturated rings. The first kappa shape index (κ1) is 4.84. The van der Waals surface area contributed by atoms with Gasteiger partial charge in [0.05, 0.1) is 0 Å². The molecule has 1 rings (SSSR count). The lowest BCUT2D eigenvalue weighted by molar-refractivity contribution is 0.527. The van der Waals surface area contributed by atoms with Crippen molar-refractivity contribution in [1.82, 2.24) is 0 Å². The first-order valence-electron chi connectivity index (χ1n) is 1.61. The lowest BCUT2D eigenvalue weighted by Crippen LogP contribution is -1.58. The van der Waals surface area contributed by atoms with E-state index in [0.717, 1.165) is 6.26 Å². The van der Waals surface area contributed by atoms with E-state index in [9.17, 15) is 4.39 Å². The van der Waals surface area contributed by atoms with Gasteiger partial charge in [-0.1, -0.05) is 0 Å². The summed E-state index contributed by atoms with van der Waals surface area (Å²) in [6.07, 6.45) is 3.21. The normalized spacial score (nSPS) is 9.43. The minimum absolute atomic E-state index is 0.243. The van der Waals surface area contributed by atoms with Gasteiger partial charge in [0.25, 0.3) is 0 Å². The second-order valence-electron chi connectivity index (χ2n) is 1.000. The SMILES string of the molecule is Fc1co[c]c1Br. The zero-order chi connectivity index (χ0) is 5.28. The molecule has 0 saturated heterocycles. The van der Waals surface area contributed by atoms with Gasteiger partial charge < -0.3 is 4.42 Å². The van der Waals surface area contributed by atoms with Gasteiger partial charge in [0, 0.05) is 0 Å². The van der Waals surface area contributed by atoms with Crippen molar-refractivity contribution in [1.29, 1.82) is 0 Å². The van der Waals surface area contributed by atoms with Crippen LogP contribution in [-0.2, 0) is 0 Å². The molecular weight excluding hydrogens is 163 g/mol. The molecule has 0 amide bonds. The maximum atomic E-state index is 11.9. The third-order valence-electron chi connectivity index (χ3n) is 0.521. The van der Waals surface area contributed by atoms with Crippen LogP contribution in [0, 0.1) is 12.1 Å². The van der Waals surface area contributed by atoms with Crippen LogP contribution in [0.2, 0.25) is 0 Å². The van der Waals surface area contributed by atoms with E-state index < -0.39 is 5.82 Å². The minimum atomic E-state index is -0.417. The molecule has 0 unspecified atom stereocenters. The van der Waals surface area contributed by atoms with Gasteiger partial charge in [0.2, 0.25) is 0 Å². The minimum Gasteiger partial charge on any atom is -0.457 e. The smallest absolute Gasteiger partial charge is 0.187 e. The zero-order valence-corrected chi connectivity index (χ0v) is 4.83. The standard InChI is InChI=1S/C4HBrFO/c5-3-1-7-2-4(3)6/h2H. The van der Waals surface area contributed by atoms with Gasteiger partial charge in [-0.3, -0.25) is 0 Å². The van der Waals surface area contributed by atoms with E-state index in [-0.39, 0.29) is 4.47 Å². The molecule has 0 aliphatic carbocycles. The molecule has 0 aromatic carbocycles. The Labute approximate surface area is 48.3 Å². The quantitative estimate of drug-likeness (QED) is 0.571. The molecule has 0 saturated carbocycles. The van der Waals surface area contributed by atoms with Crippen LogP contribution in [0.15, 0.2) is 15.2 Å². The van der Waals surface area contributed by atoms with Crippen LogP contribution < -0.4 is 0 Å². The topological polar surface area (TPSA) is 13.1 Å². The Hall–Kier alpha value is -0.310. The van der Waals surface area contributed by atoms with Gasteiger partial charge in [0.15, 0.2) is 12.1 Å². The summed E-state index contributed by atoms with van der Waals surface area (Å²) < 4.78 is 16.4. The van der Waals surface area contributed by atoms with Crippen molar-refractivity contribution in [3.8, 4) is 0 Å². The van der Waals surface area contributed by atoms with Crippen LogP contribution in [0.5, 0.6) is 0 Å². The summed E-state index contributed by atoms with van der Waals surface area (Å²) in [5.41, 5.74) is 0. The van der Waals surface area contributed by atoms with Gasteiger partial charge in [-0.2, -0.15) is 0 Å². The average Bonchev–Trinajstić information content (AvgIpc) is 1.91. The third kappa shape index (κ3) is 0.825. The summed E-state index contributed by atoms with van der Waals surface area (Å²) in [6, 6.07) is 0. The Morgan fingerprint density at radius 1 is 1.86 bits per heavy atom. The summed E-state index contributed by atoms with van der Waals surface area (Å²) in [4.78, 5) is 0. The first-order chi connectivity index (χ1) is 3.30. The fourth-order valence-corrected chi connectivity index (χ4v) is 0.420. The van der Waals surface area contributed by atoms with Crippen molar-refractivity contribution < 1.29 is 8.81 Å². The van der Waals surface area contributed by atoms with Gasteiger partial charge in [-0.15, -0.1) is 0 Å². The highest BCUT2D eigenvalue weighted by Crippen LogP contribution is 2.13. The Balaban J connectivity index is 3.12. The highest BCUT2D eigenvalue weighted by Gasteiger charge is 1.97. The lowest BCUT2D eigenvalue weighted by atomic mass is 10.6. The molecule has 0 atom stereocenters. The van der Waals surface area contributed by atoms with Crippen molar-refractivity contribution in [3.05, 3.63) is 22.8 Å². The van der Waals surface area contributed by atoms with E-state index in [1.54, 1.807) is 0 Å². The molecule has 3 heteroatoms. The van der Waals surface area contributed by atoms with Crippen molar-refractivity contribution in [3.63, 3.8) is 0 Å². The van der Waals surface area contributed by atoms with E-state index >= 15 is 0 Å². The molecule has 1 heterocycles. The molecule has 0 aliphatic rings. The van der Waals surface area contributed by atoms with Crippen molar-refractivity contribution in [2.45, 2.75) is 0 Å². The molecule has 1 aromatic heterocycles. The number of furan rings is 1. The van der Waals surface area contributed by atoms with E-state index in [1.165, 1.54) is 0 Å². The van der Waals surface area contributed by atoms with Crippen molar-refractivity contribution in [2.24, 2.45) is 0 Å². The van der Waals surface area contributed by atoms with Crippen LogP contribution in [0.1, 0.15) is 0 Å². The van der Waals surface area contributed by atoms with E-state index in [1.807, 2.05) is 0 Å². The lowest BCUT2D eigenvalue weighted by Gasteiger charge is -1.68. The summed E-state index contributed by atoms with van der Waals surface area (Å²) >= 11 is 2.84. The van der Waals surface area contributed by atoms with E-state index in [0.29, 0.717) is 0 Å².